The molecule has 3 aromatic rings. The van der Waals surface area contributed by atoms with Gasteiger partial charge in [0, 0.05) is 16.8 Å². The first kappa shape index (κ1) is 22.7. The number of nitrogens with zero attached hydrogens (tertiary/aromatic N) is 1. The van der Waals surface area contributed by atoms with Gasteiger partial charge in [-0.2, -0.15) is 0 Å². The molecule has 0 fully saturated rings. The second kappa shape index (κ2) is 9.41. The number of benzene rings is 3. The topological polar surface area (TPSA) is 75.7 Å². The summed E-state index contributed by atoms with van der Waals surface area (Å²) >= 11 is 6.13. The smallest absolute Gasteiger partial charge is 0.264 e. The van der Waals surface area contributed by atoms with E-state index < -0.39 is 22.5 Å². The van der Waals surface area contributed by atoms with Crippen LogP contribution in [0, 0.1) is 13.8 Å². The second-order valence-corrected chi connectivity index (χ2v) is 9.31. The van der Waals surface area contributed by atoms with Crippen LogP contribution in [-0.2, 0) is 14.8 Å². The summed E-state index contributed by atoms with van der Waals surface area (Å²) in [6, 6.07) is 18.1. The quantitative estimate of drug-likeness (QED) is 0.551. The molecule has 162 valence electrons. The van der Waals surface area contributed by atoms with Crippen molar-refractivity contribution >= 4 is 38.9 Å². The molecule has 0 unspecified atom stereocenters. The van der Waals surface area contributed by atoms with Crippen molar-refractivity contribution in [3.05, 3.63) is 82.9 Å². The van der Waals surface area contributed by atoms with Gasteiger partial charge in [-0.05, 0) is 55.8 Å². The fourth-order valence-electron chi connectivity index (χ4n) is 2.92. The number of anilines is 2. The molecule has 0 aromatic heterocycles. The average Bonchev–Trinajstić information content (AvgIpc) is 2.75. The van der Waals surface area contributed by atoms with E-state index in [1.54, 1.807) is 54.6 Å². The SMILES string of the molecule is COc1cccc(N(CC(=O)Nc2ccc(C)c(Cl)c2)S(=O)(=O)c2ccc(C)cc2)c1. The highest BCUT2D eigenvalue weighted by molar-refractivity contribution is 7.92. The van der Waals surface area contributed by atoms with Crippen molar-refractivity contribution in [1.29, 1.82) is 0 Å². The summed E-state index contributed by atoms with van der Waals surface area (Å²) in [7, 11) is -2.52. The summed E-state index contributed by atoms with van der Waals surface area (Å²) in [5.41, 5.74) is 2.61. The van der Waals surface area contributed by atoms with E-state index in [4.69, 9.17) is 16.3 Å². The Kier molecular flexibility index (Phi) is 6.87. The first-order valence-electron chi connectivity index (χ1n) is 9.50. The standard InChI is InChI=1S/C23H23ClN2O4S/c1-16-7-11-21(12-8-16)31(28,29)26(19-5-4-6-20(14-19)30-3)15-23(27)25-18-10-9-17(2)22(24)13-18/h4-14H,15H2,1-3H3,(H,25,27). The minimum atomic E-state index is -4.01. The molecule has 0 bridgehead atoms. The van der Waals surface area contributed by atoms with Crippen LogP contribution in [0.25, 0.3) is 0 Å². The van der Waals surface area contributed by atoms with Gasteiger partial charge >= 0.3 is 0 Å². The summed E-state index contributed by atoms with van der Waals surface area (Å²) < 4.78 is 33.1. The summed E-state index contributed by atoms with van der Waals surface area (Å²) in [5, 5.41) is 3.22. The minimum Gasteiger partial charge on any atom is -0.497 e. The zero-order valence-corrected chi connectivity index (χ0v) is 19.0. The molecule has 8 heteroatoms. The Labute approximate surface area is 187 Å². The summed E-state index contributed by atoms with van der Waals surface area (Å²) in [6.45, 7) is 3.30. The Morgan fingerprint density at radius 2 is 1.74 bits per heavy atom. The van der Waals surface area contributed by atoms with Crippen LogP contribution in [0.2, 0.25) is 5.02 Å². The highest BCUT2D eigenvalue weighted by Crippen LogP contribution is 2.27. The van der Waals surface area contributed by atoms with Gasteiger partial charge in [-0.3, -0.25) is 9.10 Å². The van der Waals surface area contributed by atoms with Gasteiger partial charge in [-0.25, -0.2) is 8.42 Å². The van der Waals surface area contributed by atoms with Gasteiger partial charge in [-0.1, -0.05) is 41.4 Å². The number of carbonyl (C=O) groups excluding carboxylic acids is 1. The maximum atomic E-state index is 13.4. The third-order valence-electron chi connectivity index (χ3n) is 4.69. The van der Waals surface area contributed by atoms with Crippen LogP contribution in [-0.4, -0.2) is 28.0 Å². The lowest BCUT2D eigenvalue weighted by Gasteiger charge is -2.24. The number of ether oxygens (including phenoxy) is 1. The van der Waals surface area contributed by atoms with E-state index >= 15 is 0 Å². The van der Waals surface area contributed by atoms with Crippen molar-refractivity contribution in [2.75, 3.05) is 23.3 Å². The number of amides is 1. The highest BCUT2D eigenvalue weighted by atomic mass is 35.5. The Morgan fingerprint density at radius 3 is 2.39 bits per heavy atom. The highest BCUT2D eigenvalue weighted by Gasteiger charge is 2.27. The van der Waals surface area contributed by atoms with E-state index in [0.717, 1.165) is 15.4 Å². The number of aryl methyl sites for hydroxylation is 2. The molecule has 0 saturated carbocycles. The molecule has 0 atom stereocenters. The number of sulfonamides is 1. The lowest BCUT2D eigenvalue weighted by molar-refractivity contribution is -0.114. The zero-order valence-electron chi connectivity index (χ0n) is 17.4. The summed E-state index contributed by atoms with van der Waals surface area (Å²) in [4.78, 5) is 12.9. The third-order valence-corrected chi connectivity index (χ3v) is 6.89. The first-order chi connectivity index (χ1) is 14.7. The van der Waals surface area contributed by atoms with E-state index in [9.17, 15) is 13.2 Å². The Balaban J connectivity index is 1.96. The number of nitrogens with one attached hydrogen (secondary N) is 1. The molecular formula is C23H23ClN2O4S. The Morgan fingerprint density at radius 1 is 1.03 bits per heavy atom. The van der Waals surface area contributed by atoms with Gasteiger partial charge in [0.1, 0.15) is 12.3 Å². The molecule has 0 saturated heterocycles. The number of hydrogen-bond donors (Lipinski definition) is 1. The largest absolute Gasteiger partial charge is 0.497 e. The molecule has 31 heavy (non-hydrogen) atoms. The number of halogens is 1. The van der Waals surface area contributed by atoms with Crippen LogP contribution in [0.5, 0.6) is 5.75 Å². The third kappa shape index (κ3) is 5.37. The van der Waals surface area contributed by atoms with Crippen molar-refractivity contribution in [1.82, 2.24) is 0 Å². The van der Waals surface area contributed by atoms with Crippen molar-refractivity contribution in [3.8, 4) is 5.75 Å². The fourth-order valence-corrected chi connectivity index (χ4v) is 4.51. The van der Waals surface area contributed by atoms with Crippen LogP contribution in [0.1, 0.15) is 11.1 Å². The fraction of sp³-hybridized carbons (Fsp3) is 0.174. The van der Waals surface area contributed by atoms with Crippen molar-refractivity contribution in [3.63, 3.8) is 0 Å². The normalized spacial score (nSPS) is 11.1. The van der Waals surface area contributed by atoms with Crippen LogP contribution >= 0.6 is 11.6 Å². The van der Waals surface area contributed by atoms with Crippen molar-refractivity contribution < 1.29 is 17.9 Å². The van der Waals surface area contributed by atoms with Gasteiger partial charge < -0.3 is 10.1 Å². The predicted molar refractivity (Wildman–Crippen MR) is 124 cm³/mol. The maximum Gasteiger partial charge on any atom is 0.264 e. The van der Waals surface area contributed by atoms with Gasteiger partial charge in [0.05, 0.1) is 17.7 Å². The molecule has 0 aliphatic carbocycles. The van der Waals surface area contributed by atoms with E-state index in [-0.39, 0.29) is 4.90 Å². The van der Waals surface area contributed by atoms with E-state index in [1.165, 1.54) is 19.2 Å². The monoisotopic (exact) mass is 458 g/mol. The van der Waals surface area contributed by atoms with E-state index in [2.05, 4.69) is 5.32 Å². The van der Waals surface area contributed by atoms with Crippen molar-refractivity contribution in [2.45, 2.75) is 18.7 Å². The molecule has 1 amide bonds. The van der Waals surface area contributed by atoms with Crippen LogP contribution in [0.15, 0.2) is 71.6 Å². The number of rotatable bonds is 7. The first-order valence-corrected chi connectivity index (χ1v) is 11.3. The second-order valence-electron chi connectivity index (χ2n) is 7.04. The maximum absolute atomic E-state index is 13.4. The number of hydrogen-bond acceptors (Lipinski definition) is 4. The Bertz CT molecular complexity index is 1190. The molecule has 0 aliphatic heterocycles. The molecule has 0 aliphatic rings. The summed E-state index contributed by atoms with van der Waals surface area (Å²) in [5.74, 6) is -0.0224. The molecule has 0 radical (unpaired) electrons. The molecule has 6 nitrogen and oxygen atoms in total. The lowest BCUT2D eigenvalue weighted by atomic mass is 10.2. The zero-order chi connectivity index (χ0) is 22.6. The van der Waals surface area contributed by atoms with Crippen molar-refractivity contribution in [2.24, 2.45) is 0 Å². The van der Waals surface area contributed by atoms with E-state index in [0.29, 0.717) is 22.1 Å². The van der Waals surface area contributed by atoms with E-state index in [1.807, 2.05) is 13.8 Å². The van der Waals surface area contributed by atoms with Crippen LogP contribution in [0.3, 0.4) is 0 Å². The molecule has 3 aromatic carbocycles. The molecule has 0 heterocycles. The molecule has 3 rings (SSSR count). The molecule has 0 spiro atoms. The Hall–Kier alpha value is -3.03. The number of carbonyl (C=O) groups is 1. The van der Waals surface area contributed by atoms with Crippen LogP contribution in [0.4, 0.5) is 11.4 Å². The van der Waals surface area contributed by atoms with Gasteiger partial charge in [0.15, 0.2) is 0 Å². The van der Waals surface area contributed by atoms with Crippen LogP contribution < -0.4 is 14.4 Å². The minimum absolute atomic E-state index is 0.0899. The molecular weight excluding hydrogens is 436 g/mol. The predicted octanol–water partition coefficient (Wildman–Crippen LogP) is 4.80. The van der Waals surface area contributed by atoms with Gasteiger partial charge in [0.2, 0.25) is 5.91 Å². The molecule has 1 N–H and O–H groups in total. The summed E-state index contributed by atoms with van der Waals surface area (Å²) in [6.07, 6.45) is 0. The lowest BCUT2D eigenvalue weighted by Crippen LogP contribution is -2.38. The van der Waals surface area contributed by atoms with Gasteiger partial charge in [0.25, 0.3) is 10.0 Å². The average molecular weight is 459 g/mol. The van der Waals surface area contributed by atoms with Gasteiger partial charge in [-0.15, -0.1) is 0 Å². The number of methoxy groups -OCH3 is 1.